The number of fused-ring (bicyclic) bond motifs is 1. The van der Waals surface area contributed by atoms with Gasteiger partial charge in [0.05, 0.1) is 0 Å². The zero-order chi connectivity index (χ0) is 8.55. The largest absolute Gasteiger partial charge is 0.489 e. The summed E-state index contributed by atoms with van der Waals surface area (Å²) in [6, 6.07) is 2.19. The molecule has 0 N–H and O–H groups in total. The standard InChI is InChI=1S/C9H6F2O/c10-7-4-6-2-1-3-12-9(6)5-8(7)11/h1-2,4-5H,3H2. The maximum Gasteiger partial charge on any atom is 0.162 e. The lowest BCUT2D eigenvalue weighted by Crippen LogP contribution is -2.01. The summed E-state index contributed by atoms with van der Waals surface area (Å²) in [6.45, 7) is 0.415. The Hall–Kier alpha value is -1.38. The lowest BCUT2D eigenvalue weighted by molar-refractivity contribution is 0.353. The van der Waals surface area contributed by atoms with E-state index >= 15 is 0 Å². The van der Waals surface area contributed by atoms with Gasteiger partial charge in [-0.15, -0.1) is 0 Å². The maximum absolute atomic E-state index is 12.6. The molecular weight excluding hydrogens is 162 g/mol. The predicted octanol–water partition coefficient (Wildman–Crippen LogP) is 2.37. The molecule has 0 bridgehead atoms. The molecule has 0 radical (unpaired) electrons. The maximum atomic E-state index is 12.6. The highest BCUT2D eigenvalue weighted by molar-refractivity contribution is 5.59. The van der Waals surface area contributed by atoms with E-state index in [2.05, 4.69) is 0 Å². The van der Waals surface area contributed by atoms with E-state index in [-0.39, 0.29) is 0 Å². The van der Waals surface area contributed by atoms with Gasteiger partial charge in [-0.1, -0.05) is 6.08 Å². The molecule has 0 aliphatic carbocycles. The summed E-state index contributed by atoms with van der Waals surface area (Å²) >= 11 is 0. The predicted molar refractivity (Wildman–Crippen MR) is 40.9 cm³/mol. The Kier molecular flexibility index (Phi) is 1.57. The Morgan fingerprint density at radius 2 is 1.92 bits per heavy atom. The van der Waals surface area contributed by atoms with Crippen LogP contribution in [0.4, 0.5) is 8.78 Å². The van der Waals surface area contributed by atoms with Crippen molar-refractivity contribution in [2.45, 2.75) is 0 Å². The van der Waals surface area contributed by atoms with E-state index in [1.807, 2.05) is 0 Å². The van der Waals surface area contributed by atoms with Crippen molar-refractivity contribution >= 4 is 6.08 Å². The van der Waals surface area contributed by atoms with Crippen LogP contribution in [0.2, 0.25) is 0 Å². The third-order valence-electron chi connectivity index (χ3n) is 1.69. The van der Waals surface area contributed by atoms with Gasteiger partial charge in [0.1, 0.15) is 12.4 Å². The number of hydrogen-bond acceptors (Lipinski definition) is 1. The van der Waals surface area contributed by atoms with E-state index in [0.717, 1.165) is 12.1 Å². The van der Waals surface area contributed by atoms with Crippen molar-refractivity contribution in [3.63, 3.8) is 0 Å². The summed E-state index contributed by atoms with van der Waals surface area (Å²) in [6.07, 6.45) is 3.46. The van der Waals surface area contributed by atoms with Crippen molar-refractivity contribution in [3.8, 4) is 5.75 Å². The monoisotopic (exact) mass is 168 g/mol. The first-order valence-corrected chi connectivity index (χ1v) is 3.56. The van der Waals surface area contributed by atoms with Crippen molar-refractivity contribution in [2.24, 2.45) is 0 Å². The Labute approximate surface area is 68.3 Å². The third kappa shape index (κ3) is 1.07. The smallest absolute Gasteiger partial charge is 0.162 e. The van der Waals surface area contributed by atoms with E-state index in [4.69, 9.17) is 4.74 Å². The SMILES string of the molecule is Fc1cc2c(cc1F)OCC=C2. The van der Waals surface area contributed by atoms with Gasteiger partial charge in [0, 0.05) is 11.6 Å². The second-order valence-corrected chi connectivity index (χ2v) is 2.52. The molecule has 1 aliphatic rings. The first-order valence-electron chi connectivity index (χ1n) is 3.56. The van der Waals surface area contributed by atoms with Crippen molar-refractivity contribution in [1.82, 2.24) is 0 Å². The molecule has 0 saturated heterocycles. The fourth-order valence-corrected chi connectivity index (χ4v) is 1.11. The Bertz CT molecular complexity index is 345. The summed E-state index contributed by atoms with van der Waals surface area (Å²) in [5, 5.41) is 0. The number of rotatable bonds is 0. The van der Waals surface area contributed by atoms with E-state index in [1.54, 1.807) is 12.2 Å². The Morgan fingerprint density at radius 3 is 2.75 bits per heavy atom. The molecule has 2 rings (SSSR count). The average Bonchev–Trinajstić information content (AvgIpc) is 2.07. The lowest BCUT2D eigenvalue weighted by Gasteiger charge is -2.11. The molecule has 0 unspecified atom stereocenters. The summed E-state index contributed by atoms with van der Waals surface area (Å²) < 4.78 is 30.3. The number of hydrogen-bond donors (Lipinski definition) is 0. The van der Waals surface area contributed by atoms with Crippen molar-refractivity contribution < 1.29 is 13.5 Å². The molecule has 1 heterocycles. The zero-order valence-corrected chi connectivity index (χ0v) is 6.18. The van der Waals surface area contributed by atoms with Gasteiger partial charge in [-0.3, -0.25) is 0 Å². The van der Waals surface area contributed by atoms with Crippen LogP contribution in [0, 0.1) is 11.6 Å². The quantitative estimate of drug-likeness (QED) is 0.577. The van der Waals surface area contributed by atoms with Crippen molar-refractivity contribution in [1.29, 1.82) is 0 Å². The molecule has 0 spiro atoms. The second-order valence-electron chi connectivity index (χ2n) is 2.52. The third-order valence-corrected chi connectivity index (χ3v) is 1.69. The van der Waals surface area contributed by atoms with Gasteiger partial charge in [-0.05, 0) is 12.1 Å². The number of benzene rings is 1. The molecule has 3 heteroatoms. The summed E-state index contributed by atoms with van der Waals surface area (Å²) in [5.74, 6) is -1.32. The second kappa shape index (κ2) is 2.59. The number of ether oxygens (including phenoxy) is 1. The summed E-state index contributed by atoms with van der Waals surface area (Å²) in [4.78, 5) is 0. The molecule has 1 aromatic rings. The normalized spacial score (nSPS) is 13.8. The van der Waals surface area contributed by atoms with E-state index < -0.39 is 11.6 Å². The van der Waals surface area contributed by atoms with Crippen LogP contribution < -0.4 is 4.74 Å². The molecule has 0 saturated carbocycles. The molecule has 0 aromatic heterocycles. The van der Waals surface area contributed by atoms with Crippen molar-refractivity contribution in [3.05, 3.63) is 35.4 Å². The highest BCUT2D eigenvalue weighted by Crippen LogP contribution is 2.25. The van der Waals surface area contributed by atoms with Crippen LogP contribution in [0.25, 0.3) is 6.08 Å². The van der Waals surface area contributed by atoms with Gasteiger partial charge < -0.3 is 4.74 Å². The molecule has 62 valence electrons. The zero-order valence-electron chi connectivity index (χ0n) is 6.18. The molecule has 0 fully saturated rings. The topological polar surface area (TPSA) is 9.23 Å². The van der Waals surface area contributed by atoms with Crippen LogP contribution in [0.3, 0.4) is 0 Å². The van der Waals surface area contributed by atoms with Gasteiger partial charge in [-0.2, -0.15) is 0 Å². The van der Waals surface area contributed by atoms with Gasteiger partial charge in [0.15, 0.2) is 11.6 Å². The first kappa shape index (κ1) is 7.28. The van der Waals surface area contributed by atoms with Crippen LogP contribution >= 0.6 is 0 Å². The molecule has 1 aliphatic heterocycles. The fourth-order valence-electron chi connectivity index (χ4n) is 1.11. The molecular formula is C9H6F2O. The van der Waals surface area contributed by atoms with Gasteiger partial charge in [0.25, 0.3) is 0 Å². The first-order chi connectivity index (χ1) is 5.77. The van der Waals surface area contributed by atoms with E-state index in [0.29, 0.717) is 17.9 Å². The Morgan fingerprint density at radius 1 is 1.17 bits per heavy atom. The lowest BCUT2D eigenvalue weighted by atomic mass is 10.1. The molecule has 1 nitrogen and oxygen atoms in total. The molecule has 0 amide bonds. The van der Waals surface area contributed by atoms with Crippen LogP contribution in [0.1, 0.15) is 5.56 Å². The highest BCUT2D eigenvalue weighted by Gasteiger charge is 2.10. The van der Waals surface area contributed by atoms with Crippen LogP contribution in [-0.2, 0) is 0 Å². The van der Waals surface area contributed by atoms with E-state index in [9.17, 15) is 8.78 Å². The highest BCUT2D eigenvalue weighted by atomic mass is 19.2. The van der Waals surface area contributed by atoms with Gasteiger partial charge in [-0.25, -0.2) is 8.78 Å². The Balaban J connectivity index is 2.58. The number of halogens is 2. The van der Waals surface area contributed by atoms with Crippen LogP contribution in [0.5, 0.6) is 5.75 Å². The van der Waals surface area contributed by atoms with Crippen molar-refractivity contribution in [2.75, 3.05) is 6.61 Å². The fraction of sp³-hybridized carbons (Fsp3) is 0.111. The minimum Gasteiger partial charge on any atom is -0.489 e. The summed E-state index contributed by atoms with van der Waals surface area (Å²) in [5.41, 5.74) is 0.583. The molecule has 0 atom stereocenters. The molecule has 12 heavy (non-hydrogen) atoms. The summed E-state index contributed by atoms with van der Waals surface area (Å²) in [7, 11) is 0. The minimum atomic E-state index is -0.871. The van der Waals surface area contributed by atoms with Crippen LogP contribution in [-0.4, -0.2) is 6.61 Å². The minimum absolute atomic E-state index is 0.399. The van der Waals surface area contributed by atoms with E-state index in [1.165, 1.54) is 0 Å². The van der Waals surface area contributed by atoms with Gasteiger partial charge >= 0.3 is 0 Å². The molecule has 1 aromatic carbocycles. The average molecular weight is 168 g/mol. The van der Waals surface area contributed by atoms with Crippen LogP contribution in [0.15, 0.2) is 18.2 Å². The van der Waals surface area contributed by atoms with Gasteiger partial charge in [0.2, 0.25) is 0 Å².